The van der Waals surface area contributed by atoms with E-state index in [4.69, 9.17) is 4.74 Å². The summed E-state index contributed by atoms with van der Waals surface area (Å²) in [5.41, 5.74) is 0.189. The first-order valence-electron chi connectivity index (χ1n) is 7.14. The molecule has 1 aromatic carbocycles. The number of halogens is 1. The lowest BCUT2D eigenvalue weighted by Gasteiger charge is -2.36. The first-order chi connectivity index (χ1) is 9.47. The number of ether oxygens (including phenoxy) is 1. The summed E-state index contributed by atoms with van der Waals surface area (Å²) in [6.07, 6.45) is 0.351. The number of morpholine rings is 1. The monoisotopic (exact) mass is 279 g/mol. The molecule has 1 fully saturated rings. The van der Waals surface area contributed by atoms with Crippen molar-refractivity contribution in [2.75, 3.05) is 19.6 Å². The molecule has 4 heteroatoms. The molecule has 0 aliphatic carbocycles. The van der Waals surface area contributed by atoms with Crippen molar-refractivity contribution >= 4 is 5.78 Å². The predicted octanol–water partition coefficient (Wildman–Crippen LogP) is 2.75. The van der Waals surface area contributed by atoms with Gasteiger partial charge in [0.15, 0.2) is 5.78 Å². The third kappa shape index (κ3) is 3.64. The summed E-state index contributed by atoms with van der Waals surface area (Å²) in [6.45, 7) is 8.21. The smallest absolute Gasteiger partial charge is 0.169 e. The highest BCUT2D eigenvalue weighted by Gasteiger charge is 2.26. The molecule has 2 rings (SSSR count). The van der Waals surface area contributed by atoms with E-state index in [9.17, 15) is 9.18 Å². The third-order valence-electron chi connectivity index (χ3n) is 3.61. The van der Waals surface area contributed by atoms with Gasteiger partial charge >= 0.3 is 0 Å². The van der Waals surface area contributed by atoms with Crippen LogP contribution in [-0.4, -0.2) is 42.5 Å². The van der Waals surface area contributed by atoms with E-state index in [1.165, 1.54) is 6.07 Å². The summed E-state index contributed by atoms with van der Waals surface area (Å²) in [5, 5.41) is 0. The molecule has 1 aromatic rings. The maximum atomic E-state index is 13.6. The molecule has 1 aliphatic rings. The minimum Gasteiger partial charge on any atom is -0.373 e. The second-order valence-electron chi connectivity index (χ2n) is 5.72. The van der Waals surface area contributed by atoms with Crippen LogP contribution in [0.3, 0.4) is 0 Å². The van der Waals surface area contributed by atoms with Crippen LogP contribution in [0.2, 0.25) is 0 Å². The van der Waals surface area contributed by atoms with Crippen molar-refractivity contribution in [3.05, 3.63) is 35.6 Å². The van der Waals surface area contributed by atoms with Crippen molar-refractivity contribution in [3.63, 3.8) is 0 Å². The van der Waals surface area contributed by atoms with Crippen molar-refractivity contribution in [2.24, 2.45) is 5.92 Å². The largest absolute Gasteiger partial charge is 0.373 e. The van der Waals surface area contributed by atoms with Crippen LogP contribution in [0.25, 0.3) is 0 Å². The molecule has 20 heavy (non-hydrogen) atoms. The molecule has 1 aliphatic heterocycles. The summed E-state index contributed by atoms with van der Waals surface area (Å²) in [4.78, 5) is 14.5. The summed E-state index contributed by atoms with van der Waals surface area (Å²) in [6, 6.07) is 6.18. The van der Waals surface area contributed by atoms with E-state index in [2.05, 4.69) is 4.90 Å². The van der Waals surface area contributed by atoms with Gasteiger partial charge < -0.3 is 4.74 Å². The molecule has 0 N–H and O–H groups in total. The first-order valence-corrected chi connectivity index (χ1v) is 7.14. The van der Waals surface area contributed by atoms with Crippen molar-refractivity contribution in [1.82, 2.24) is 4.90 Å². The Labute approximate surface area is 119 Å². The zero-order valence-corrected chi connectivity index (χ0v) is 12.3. The van der Waals surface area contributed by atoms with Crippen LogP contribution < -0.4 is 0 Å². The molecule has 0 radical (unpaired) electrons. The van der Waals surface area contributed by atoms with E-state index >= 15 is 0 Å². The number of carbonyl (C=O) groups is 1. The molecule has 3 atom stereocenters. The highest BCUT2D eigenvalue weighted by molar-refractivity contribution is 5.98. The van der Waals surface area contributed by atoms with E-state index in [-0.39, 0.29) is 29.5 Å². The average molecular weight is 279 g/mol. The van der Waals surface area contributed by atoms with Crippen LogP contribution in [0.1, 0.15) is 31.1 Å². The molecule has 0 spiro atoms. The van der Waals surface area contributed by atoms with Crippen molar-refractivity contribution < 1.29 is 13.9 Å². The number of carbonyl (C=O) groups excluding carboxylic acids is 1. The molecule has 0 amide bonds. The summed E-state index contributed by atoms with van der Waals surface area (Å²) in [7, 11) is 0. The van der Waals surface area contributed by atoms with Crippen LogP contribution in [0.5, 0.6) is 0 Å². The van der Waals surface area contributed by atoms with Gasteiger partial charge in [-0.05, 0) is 26.0 Å². The van der Waals surface area contributed by atoms with Gasteiger partial charge in [0.05, 0.1) is 17.8 Å². The van der Waals surface area contributed by atoms with Gasteiger partial charge in [-0.3, -0.25) is 9.69 Å². The molecular weight excluding hydrogens is 257 g/mol. The fraction of sp³-hybridized carbons (Fsp3) is 0.562. The van der Waals surface area contributed by atoms with Crippen LogP contribution in [0.15, 0.2) is 24.3 Å². The van der Waals surface area contributed by atoms with Gasteiger partial charge in [0.1, 0.15) is 5.82 Å². The highest BCUT2D eigenvalue weighted by Crippen LogP contribution is 2.17. The normalized spacial score (nSPS) is 25.4. The zero-order chi connectivity index (χ0) is 14.7. The first kappa shape index (κ1) is 15.1. The van der Waals surface area contributed by atoms with Crippen molar-refractivity contribution in [2.45, 2.75) is 33.0 Å². The highest BCUT2D eigenvalue weighted by atomic mass is 19.1. The number of rotatable bonds is 4. The van der Waals surface area contributed by atoms with Gasteiger partial charge in [-0.2, -0.15) is 0 Å². The fourth-order valence-electron chi connectivity index (χ4n) is 2.83. The topological polar surface area (TPSA) is 29.5 Å². The molecule has 0 aromatic heterocycles. The van der Waals surface area contributed by atoms with Gasteiger partial charge in [-0.25, -0.2) is 4.39 Å². The van der Waals surface area contributed by atoms with Crippen LogP contribution in [0, 0.1) is 11.7 Å². The number of benzene rings is 1. The Balaban J connectivity index is 1.99. The summed E-state index contributed by atoms with van der Waals surface area (Å²) < 4.78 is 19.3. The van der Waals surface area contributed by atoms with E-state index in [0.717, 1.165) is 13.1 Å². The van der Waals surface area contributed by atoms with Gasteiger partial charge in [0, 0.05) is 25.6 Å². The maximum absolute atomic E-state index is 13.6. The van der Waals surface area contributed by atoms with Crippen molar-refractivity contribution in [1.29, 1.82) is 0 Å². The second kappa shape index (κ2) is 6.46. The molecular formula is C16H22FNO2. The Morgan fingerprint density at radius 3 is 2.55 bits per heavy atom. The minimum atomic E-state index is -0.437. The average Bonchev–Trinajstić information content (AvgIpc) is 2.37. The number of ketones is 1. The van der Waals surface area contributed by atoms with E-state index in [1.807, 2.05) is 20.8 Å². The molecule has 0 bridgehead atoms. The fourth-order valence-corrected chi connectivity index (χ4v) is 2.83. The molecule has 110 valence electrons. The summed E-state index contributed by atoms with van der Waals surface area (Å²) >= 11 is 0. The Bertz CT molecular complexity index is 467. The van der Waals surface area contributed by atoms with Gasteiger partial charge in [-0.1, -0.05) is 19.1 Å². The SMILES string of the molecule is CC1CN(CC(C)C(=O)c2ccccc2F)CC(C)O1. The number of hydrogen-bond acceptors (Lipinski definition) is 3. The predicted molar refractivity (Wildman–Crippen MR) is 76.3 cm³/mol. The lowest BCUT2D eigenvalue weighted by atomic mass is 9.98. The van der Waals surface area contributed by atoms with Crippen LogP contribution in [0.4, 0.5) is 4.39 Å². The Morgan fingerprint density at radius 2 is 1.95 bits per heavy atom. The van der Waals surface area contributed by atoms with E-state index < -0.39 is 5.82 Å². The summed E-state index contributed by atoms with van der Waals surface area (Å²) in [5.74, 6) is -0.785. The maximum Gasteiger partial charge on any atom is 0.169 e. The van der Waals surface area contributed by atoms with E-state index in [1.54, 1.807) is 18.2 Å². The minimum absolute atomic E-state index is 0.130. The Hall–Kier alpha value is -1.26. The van der Waals surface area contributed by atoms with E-state index in [0.29, 0.717) is 6.54 Å². The zero-order valence-electron chi connectivity index (χ0n) is 12.3. The molecule has 0 saturated carbocycles. The van der Waals surface area contributed by atoms with Gasteiger partial charge in [0.2, 0.25) is 0 Å². The Kier molecular flexibility index (Phi) is 4.89. The number of nitrogens with zero attached hydrogens (tertiary/aromatic N) is 1. The molecule has 1 saturated heterocycles. The quantitative estimate of drug-likeness (QED) is 0.794. The lowest BCUT2D eigenvalue weighted by molar-refractivity contribution is -0.0700. The van der Waals surface area contributed by atoms with Gasteiger partial charge in [-0.15, -0.1) is 0 Å². The lowest BCUT2D eigenvalue weighted by Crippen LogP contribution is -2.47. The molecule has 3 nitrogen and oxygen atoms in total. The molecule has 1 heterocycles. The Morgan fingerprint density at radius 1 is 1.35 bits per heavy atom. The van der Waals surface area contributed by atoms with Crippen LogP contribution >= 0.6 is 0 Å². The number of Topliss-reactive ketones (excluding diaryl/α,β-unsaturated/α-hetero) is 1. The number of hydrogen-bond donors (Lipinski definition) is 0. The van der Waals surface area contributed by atoms with Crippen LogP contribution in [-0.2, 0) is 4.74 Å². The second-order valence-corrected chi connectivity index (χ2v) is 5.72. The molecule has 3 unspecified atom stereocenters. The van der Waals surface area contributed by atoms with Crippen molar-refractivity contribution in [3.8, 4) is 0 Å². The standard InChI is InChI=1S/C16H22FNO2/c1-11(8-18-9-12(2)20-13(3)10-18)16(19)14-6-4-5-7-15(14)17/h4-7,11-13H,8-10H2,1-3H3. The third-order valence-corrected chi connectivity index (χ3v) is 3.61. The van der Waals surface area contributed by atoms with Gasteiger partial charge in [0.25, 0.3) is 0 Å².